The van der Waals surface area contributed by atoms with Gasteiger partial charge in [0.25, 0.3) is 5.91 Å². The molecule has 1 N–H and O–H groups in total. The molecule has 0 aliphatic heterocycles. The lowest BCUT2D eigenvalue weighted by Crippen LogP contribution is -2.35. The Labute approximate surface area is 132 Å². The number of amides is 1. The molecular weight excluding hydrogens is 306 g/mol. The van der Waals surface area contributed by atoms with Gasteiger partial charge < -0.3 is 10.1 Å². The summed E-state index contributed by atoms with van der Waals surface area (Å²) in [5.74, 6) is -0.960. The van der Waals surface area contributed by atoms with Gasteiger partial charge in [-0.1, -0.05) is 17.7 Å². The lowest BCUT2D eigenvalue weighted by molar-refractivity contribution is -0.150. The molecule has 1 atom stereocenters. The van der Waals surface area contributed by atoms with Gasteiger partial charge >= 0.3 is 5.97 Å². The Kier molecular flexibility index (Phi) is 5.16. The van der Waals surface area contributed by atoms with E-state index in [9.17, 15) is 9.59 Å². The van der Waals surface area contributed by atoms with Crippen molar-refractivity contribution in [1.29, 1.82) is 0 Å². The van der Waals surface area contributed by atoms with E-state index in [1.165, 1.54) is 19.1 Å². The van der Waals surface area contributed by atoms with Crippen LogP contribution in [0.1, 0.15) is 19.5 Å². The van der Waals surface area contributed by atoms with E-state index in [4.69, 9.17) is 16.3 Å². The van der Waals surface area contributed by atoms with Gasteiger partial charge in [0.1, 0.15) is 5.65 Å². The third kappa shape index (κ3) is 3.65. The highest BCUT2D eigenvalue weighted by Crippen LogP contribution is 2.18. The van der Waals surface area contributed by atoms with Crippen molar-refractivity contribution in [1.82, 2.24) is 14.7 Å². The van der Waals surface area contributed by atoms with Crippen molar-refractivity contribution < 1.29 is 14.3 Å². The molecule has 6 nitrogen and oxygen atoms in total. The molecule has 2 aromatic rings. The van der Waals surface area contributed by atoms with Crippen molar-refractivity contribution in [2.75, 3.05) is 6.54 Å². The highest BCUT2D eigenvalue weighted by Gasteiger charge is 2.15. The van der Waals surface area contributed by atoms with Crippen molar-refractivity contribution in [3.63, 3.8) is 0 Å². The molecule has 116 valence electrons. The average molecular weight is 322 g/mol. The van der Waals surface area contributed by atoms with E-state index in [0.29, 0.717) is 17.9 Å². The SMILES string of the molecule is CCNC(=O)[C@H](C)OC(=O)/C=C/c1c(Cl)nc2ccccn12. The van der Waals surface area contributed by atoms with Crippen LogP contribution >= 0.6 is 11.6 Å². The summed E-state index contributed by atoms with van der Waals surface area (Å²) < 4.78 is 6.75. The molecule has 0 aliphatic carbocycles. The molecule has 0 aromatic carbocycles. The zero-order valence-corrected chi connectivity index (χ0v) is 13.0. The van der Waals surface area contributed by atoms with Crippen molar-refractivity contribution >= 4 is 35.2 Å². The molecule has 22 heavy (non-hydrogen) atoms. The number of fused-ring (bicyclic) bond motifs is 1. The van der Waals surface area contributed by atoms with Crippen LogP contribution in [0.4, 0.5) is 0 Å². The van der Waals surface area contributed by atoms with Gasteiger partial charge in [-0.15, -0.1) is 0 Å². The number of nitrogens with zero attached hydrogens (tertiary/aromatic N) is 2. The Morgan fingerprint density at radius 2 is 2.27 bits per heavy atom. The highest BCUT2D eigenvalue weighted by molar-refractivity contribution is 6.31. The number of aromatic nitrogens is 2. The molecule has 2 rings (SSSR count). The van der Waals surface area contributed by atoms with Crippen molar-refractivity contribution in [3.05, 3.63) is 41.3 Å². The van der Waals surface area contributed by atoms with Crippen LogP contribution in [0, 0.1) is 0 Å². The first-order valence-electron chi connectivity index (χ1n) is 6.82. The fraction of sp³-hybridized carbons (Fsp3) is 0.267. The summed E-state index contributed by atoms with van der Waals surface area (Å²) in [5, 5.41) is 2.86. The molecular formula is C15H16ClN3O3. The number of nitrogens with one attached hydrogen (secondary N) is 1. The summed E-state index contributed by atoms with van der Waals surface area (Å²) in [6.07, 6.45) is 3.67. The summed E-state index contributed by atoms with van der Waals surface area (Å²) in [4.78, 5) is 27.4. The zero-order valence-electron chi connectivity index (χ0n) is 12.2. The van der Waals surface area contributed by atoms with E-state index in [0.717, 1.165) is 0 Å². The van der Waals surface area contributed by atoms with Crippen molar-refractivity contribution in [3.8, 4) is 0 Å². The van der Waals surface area contributed by atoms with Gasteiger partial charge in [0, 0.05) is 18.8 Å². The molecule has 1 amide bonds. The number of esters is 1. The number of hydrogen-bond donors (Lipinski definition) is 1. The van der Waals surface area contributed by atoms with Crippen LogP contribution in [0.2, 0.25) is 5.15 Å². The zero-order chi connectivity index (χ0) is 16.1. The fourth-order valence-corrected chi connectivity index (χ4v) is 2.11. The van der Waals surface area contributed by atoms with Gasteiger partial charge in [-0.05, 0) is 32.1 Å². The summed E-state index contributed by atoms with van der Waals surface area (Å²) in [6.45, 7) is 3.78. The first kappa shape index (κ1) is 16.0. The molecule has 0 radical (unpaired) electrons. The van der Waals surface area contributed by atoms with Gasteiger partial charge in [0.2, 0.25) is 0 Å². The summed E-state index contributed by atoms with van der Waals surface area (Å²) in [5.41, 5.74) is 1.25. The van der Waals surface area contributed by atoms with Crippen LogP contribution in [-0.4, -0.2) is 33.9 Å². The van der Waals surface area contributed by atoms with Crippen LogP contribution in [0.15, 0.2) is 30.5 Å². The summed E-state index contributed by atoms with van der Waals surface area (Å²) in [6, 6.07) is 5.48. The second-order valence-electron chi connectivity index (χ2n) is 4.52. The Hall–Kier alpha value is -2.34. The van der Waals surface area contributed by atoms with Crippen LogP contribution in [0.3, 0.4) is 0 Å². The fourth-order valence-electron chi connectivity index (χ4n) is 1.87. The standard InChI is InChI=1S/C15H16ClN3O3/c1-3-17-15(21)10(2)22-13(20)8-7-11-14(16)18-12-6-4-5-9-19(11)12/h4-10H,3H2,1-2H3,(H,17,21)/b8-7+/t10-/m0/s1. The van der Waals surface area contributed by atoms with Crippen LogP contribution < -0.4 is 5.32 Å². The second-order valence-corrected chi connectivity index (χ2v) is 4.88. The van der Waals surface area contributed by atoms with Crippen molar-refractivity contribution in [2.24, 2.45) is 0 Å². The van der Waals surface area contributed by atoms with E-state index >= 15 is 0 Å². The Morgan fingerprint density at radius 3 is 3.00 bits per heavy atom. The monoisotopic (exact) mass is 321 g/mol. The number of likely N-dealkylation sites (N-methyl/N-ethyl adjacent to an activating group) is 1. The molecule has 7 heteroatoms. The van der Waals surface area contributed by atoms with E-state index in [-0.39, 0.29) is 11.1 Å². The number of pyridine rings is 1. The van der Waals surface area contributed by atoms with Gasteiger partial charge in [-0.3, -0.25) is 9.20 Å². The number of hydrogen-bond acceptors (Lipinski definition) is 4. The topological polar surface area (TPSA) is 72.7 Å². The Morgan fingerprint density at radius 1 is 1.50 bits per heavy atom. The number of carbonyl (C=O) groups is 2. The third-order valence-electron chi connectivity index (χ3n) is 2.91. The molecule has 0 unspecified atom stereocenters. The summed E-state index contributed by atoms with van der Waals surface area (Å²) >= 11 is 6.05. The normalized spacial score (nSPS) is 12.5. The quantitative estimate of drug-likeness (QED) is 0.676. The minimum absolute atomic E-state index is 0.284. The van der Waals surface area contributed by atoms with Crippen LogP contribution in [0.25, 0.3) is 11.7 Å². The maximum absolute atomic E-state index is 11.7. The van der Waals surface area contributed by atoms with E-state index in [1.54, 1.807) is 23.6 Å². The number of imidazole rings is 1. The first-order chi connectivity index (χ1) is 10.5. The molecule has 0 saturated heterocycles. The molecule has 0 saturated carbocycles. The number of halogens is 1. The van der Waals surface area contributed by atoms with E-state index in [2.05, 4.69) is 10.3 Å². The predicted octanol–water partition coefficient (Wildman–Crippen LogP) is 2.07. The lowest BCUT2D eigenvalue weighted by Gasteiger charge is -2.10. The van der Waals surface area contributed by atoms with Gasteiger partial charge in [0.15, 0.2) is 11.3 Å². The van der Waals surface area contributed by atoms with Gasteiger partial charge in [0.05, 0.1) is 5.69 Å². The second kappa shape index (κ2) is 7.09. The maximum Gasteiger partial charge on any atom is 0.331 e. The largest absolute Gasteiger partial charge is 0.449 e. The average Bonchev–Trinajstić information content (AvgIpc) is 2.80. The van der Waals surface area contributed by atoms with Crippen LogP contribution in [-0.2, 0) is 14.3 Å². The van der Waals surface area contributed by atoms with Crippen molar-refractivity contribution in [2.45, 2.75) is 20.0 Å². The molecule has 0 spiro atoms. The third-order valence-corrected chi connectivity index (χ3v) is 3.19. The minimum Gasteiger partial charge on any atom is -0.449 e. The van der Waals surface area contributed by atoms with Gasteiger partial charge in [-0.25, -0.2) is 9.78 Å². The first-order valence-corrected chi connectivity index (χ1v) is 7.19. The molecule has 2 aromatic heterocycles. The minimum atomic E-state index is -0.852. The van der Waals surface area contributed by atoms with Gasteiger partial charge in [-0.2, -0.15) is 0 Å². The lowest BCUT2D eigenvalue weighted by atomic mass is 10.3. The number of carbonyl (C=O) groups excluding carboxylic acids is 2. The van der Waals surface area contributed by atoms with Crippen LogP contribution in [0.5, 0.6) is 0 Å². The molecule has 2 heterocycles. The Bertz CT molecular complexity index is 724. The Balaban J connectivity index is 2.09. The predicted molar refractivity (Wildman–Crippen MR) is 83.5 cm³/mol. The van der Waals surface area contributed by atoms with E-state index < -0.39 is 12.1 Å². The number of ether oxygens (including phenoxy) is 1. The number of rotatable bonds is 5. The molecule has 0 fully saturated rings. The summed E-state index contributed by atoms with van der Waals surface area (Å²) in [7, 11) is 0. The molecule has 0 aliphatic rings. The highest BCUT2D eigenvalue weighted by atomic mass is 35.5. The smallest absolute Gasteiger partial charge is 0.331 e. The van der Waals surface area contributed by atoms with E-state index in [1.807, 2.05) is 12.1 Å². The maximum atomic E-state index is 11.7. The molecule has 0 bridgehead atoms.